The molecule has 0 fully saturated rings. The van der Waals surface area contributed by atoms with E-state index in [0.29, 0.717) is 47.7 Å². The highest BCUT2D eigenvalue weighted by molar-refractivity contribution is 7.99. The highest BCUT2D eigenvalue weighted by atomic mass is 32.2. The van der Waals surface area contributed by atoms with Gasteiger partial charge in [-0.15, -0.1) is 0 Å². The summed E-state index contributed by atoms with van der Waals surface area (Å²) in [6.07, 6.45) is 0.574. The van der Waals surface area contributed by atoms with Gasteiger partial charge in [0.25, 0.3) is 0 Å². The monoisotopic (exact) mass is 368 g/mol. The summed E-state index contributed by atoms with van der Waals surface area (Å²) in [5.74, 6) is 2.01. The topological polar surface area (TPSA) is 74.5 Å². The van der Waals surface area contributed by atoms with Crippen molar-refractivity contribution in [3.05, 3.63) is 65.5 Å². The quantitative estimate of drug-likeness (QED) is 0.487. The van der Waals surface area contributed by atoms with E-state index in [1.807, 2.05) is 30.3 Å². The van der Waals surface area contributed by atoms with E-state index in [2.05, 4.69) is 10.1 Å². The predicted molar refractivity (Wildman–Crippen MR) is 96.0 cm³/mol. The number of nitrogens with zero attached hydrogens (tertiary/aromatic N) is 2. The fourth-order valence-corrected chi connectivity index (χ4v) is 3.25. The van der Waals surface area contributed by atoms with Crippen molar-refractivity contribution in [2.24, 2.45) is 0 Å². The summed E-state index contributed by atoms with van der Waals surface area (Å²) in [7, 11) is 0. The van der Waals surface area contributed by atoms with E-state index in [1.165, 1.54) is 11.8 Å². The van der Waals surface area contributed by atoms with E-state index >= 15 is 0 Å². The summed E-state index contributed by atoms with van der Waals surface area (Å²) < 4.78 is 16.2. The molecule has 0 spiro atoms. The van der Waals surface area contributed by atoms with Crippen molar-refractivity contribution in [2.45, 2.75) is 11.6 Å². The number of carbonyl (C=O) groups excluding carboxylic acids is 1. The molecule has 2 aromatic carbocycles. The van der Waals surface area contributed by atoms with Crippen LogP contribution in [0.25, 0.3) is 0 Å². The first kappa shape index (κ1) is 16.7. The molecule has 0 aliphatic carbocycles. The first-order valence-electron chi connectivity index (χ1n) is 8.20. The lowest BCUT2D eigenvalue weighted by atomic mass is 10.1. The highest BCUT2D eigenvalue weighted by Crippen LogP contribution is 2.31. The first-order valence-corrected chi connectivity index (χ1v) is 9.19. The third kappa shape index (κ3) is 3.88. The van der Waals surface area contributed by atoms with Gasteiger partial charge in [0, 0.05) is 5.56 Å². The number of hydrogen-bond acceptors (Lipinski definition) is 7. The van der Waals surface area contributed by atoms with Gasteiger partial charge in [-0.3, -0.25) is 4.79 Å². The van der Waals surface area contributed by atoms with Gasteiger partial charge >= 0.3 is 0 Å². The Balaban J connectivity index is 1.36. The van der Waals surface area contributed by atoms with Crippen LogP contribution in [0.15, 0.2) is 58.2 Å². The standard InChI is InChI=1S/C19H16N2O4S/c22-15(14-6-7-16-17(11-14)24-9-8-23-16)12-26-19-20-18(25-21-19)10-13-4-2-1-3-5-13/h1-7,11H,8-10,12H2. The molecule has 0 atom stereocenters. The maximum absolute atomic E-state index is 12.4. The Kier molecular flexibility index (Phi) is 4.88. The molecule has 0 saturated heterocycles. The fourth-order valence-electron chi connectivity index (χ4n) is 2.57. The molecule has 1 aliphatic heterocycles. The molecule has 3 aromatic rings. The molecule has 0 amide bonds. The third-order valence-electron chi connectivity index (χ3n) is 3.84. The zero-order valence-electron chi connectivity index (χ0n) is 13.9. The smallest absolute Gasteiger partial charge is 0.231 e. The minimum Gasteiger partial charge on any atom is -0.486 e. The Bertz CT molecular complexity index is 911. The van der Waals surface area contributed by atoms with E-state index in [0.717, 1.165) is 5.56 Å². The molecule has 6 nitrogen and oxygen atoms in total. The normalized spacial score (nSPS) is 12.8. The van der Waals surface area contributed by atoms with Crippen LogP contribution in [-0.4, -0.2) is 34.9 Å². The molecular weight excluding hydrogens is 352 g/mol. The van der Waals surface area contributed by atoms with Gasteiger partial charge in [0.1, 0.15) is 13.2 Å². The van der Waals surface area contributed by atoms with E-state index in [9.17, 15) is 4.79 Å². The first-order chi connectivity index (χ1) is 12.8. The van der Waals surface area contributed by atoms with Crippen molar-refractivity contribution in [1.82, 2.24) is 10.1 Å². The highest BCUT2D eigenvalue weighted by Gasteiger charge is 2.16. The Morgan fingerprint density at radius 3 is 2.69 bits per heavy atom. The number of Topliss-reactive ketones (excluding diaryl/α,β-unsaturated/α-hetero) is 1. The number of ketones is 1. The second kappa shape index (κ2) is 7.61. The molecule has 132 valence electrons. The molecule has 0 bridgehead atoms. The second-order valence-corrected chi connectivity index (χ2v) is 6.65. The molecule has 0 radical (unpaired) electrons. The second-order valence-electron chi connectivity index (χ2n) is 5.70. The summed E-state index contributed by atoms with van der Waals surface area (Å²) in [6.45, 7) is 1.02. The van der Waals surface area contributed by atoms with Crippen LogP contribution in [0.2, 0.25) is 0 Å². The fraction of sp³-hybridized carbons (Fsp3) is 0.211. The average Bonchev–Trinajstić information content (AvgIpc) is 3.14. The Morgan fingerprint density at radius 1 is 1.04 bits per heavy atom. The van der Waals surface area contributed by atoms with Crippen molar-refractivity contribution < 1.29 is 18.8 Å². The van der Waals surface area contributed by atoms with Gasteiger partial charge in [-0.2, -0.15) is 4.98 Å². The van der Waals surface area contributed by atoms with Crippen molar-refractivity contribution in [2.75, 3.05) is 19.0 Å². The lowest BCUT2D eigenvalue weighted by Crippen LogP contribution is -2.16. The van der Waals surface area contributed by atoms with Crippen molar-refractivity contribution in [3.63, 3.8) is 0 Å². The maximum Gasteiger partial charge on any atom is 0.231 e. The van der Waals surface area contributed by atoms with Crippen LogP contribution in [0.5, 0.6) is 11.5 Å². The molecule has 0 unspecified atom stereocenters. The number of hydrogen-bond donors (Lipinski definition) is 0. The van der Waals surface area contributed by atoms with Gasteiger partial charge in [-0.1, -0.05) is 47.3 Å². The maximum atomic E-state index is 12.4. The van der Waals surface area contributed by atoms with E-state index in [-0.39, 0.29) is 11.5 Å². The molecule has 1 aromatic heterocycles. The summed E-state index contributed by atoms with van der Waals surface area (Å²) >= 11 is 1.25. The van der Waals surface area contributed by atoms with Gasteiger partial charge in [-0.25, -0.2) is 0 Å². The Morgan fingerprint density at radius 2 is 1.85 bits per heavy atom. The van der Waals surface area contributed by atoms with Gasteiger partial charge in [0.15, 0.2) is 17.3 Å². The van der Waals surface area contributed by atoms with Crippen LogP contribution < -0.4 is 9.47 Å². The number of fused-ring (bicyclic) bond motifs is 1. The van der Waals surface area contributed by atoms with Crippen LogP contribution in [0, 0.1) is 0 Å². The number of benzene rings is 2. The summed E-state index contributed by atoms with van der Waals surface area (Å²) in [5.41, 5.74) is 1.68. The van der Waals surface area contributed by atoms with Crippen LogP contribution in [0.4, 0.5) is 0 Å². The number of thioether (sulfide) groups is 1. The van der Waals surface area contributed by atoms with Crippen LogP contribution in [-0.2, 0) is 6.42 Å². The largest absolute Gasteiger partial charge is 0.486 e. The number of ether oxygens (including phenoxy) is 2. The molecule has 7 heteroatoms. The lowest BCUT2D eigenvalue weighted by Gasteiger charge is -2.18. The van der Waals surface area contributed by atoms with Crippen molar-refractivity contribution in [3.8, 4) is 11.5 Å². The van der Waals surface area contributed by atoms with Crippen molar-refractivity contribution >= 4 is 17.5 Å². The summed E-state index contributed by atoms with van der Waals surface area (Å²) in [4.78, 5) is 16.7. The molecular formula is C19H16N2O4S. The van der Waals surface area contributed by atoms with Gasteiger partial charge in [0.05, 0.1) is 12.2 Å². The molecule has 2 heterocycles. The zero-order chi connectivity index (χ0) is 17.8. The minimum absolute atomic E-state index is 0.0265. The van der Waals surface area contributed by atoms with Gasteiger partial charge in [-0.05, 0) is 23.8 Å². The molecule has 26 heavy (non-hydrogen) atoms. The van der Waals surface area contributed by atoms with Crippen LogP contribution >= 0.6 is 11.8 Å². The number of aromatic nitrogens is 2. The van der Waals surface area contributed by atoms with E-state index in [1.54, 1.807) is 18.2 Å². The number of carbonyl (C=O) groups is 1. The summed E-state index contributed by atoms with van der Waals surface area (Å²) in [6, 6.07) is 15.1. The van der Waals surface area contributed by atoms with Gasteiger partial charge in [0.2, 0.25) is 11.0 Å². The van der Waals surface area contributed by atoms with Crippen LogP contribution in [0.3, 0.4) is 0 Å². The number of rotatable bonds is 6. The zero-order valence-corrected chi connectivity index (χ0v) is 14.7. The average molecular weight is 368 g/mol. The van der Waals surface area contributed by atoms with Crippen molar-refractivity contribution in [1.29, 1.82) is 0 Å². The van der Waals surface area contributed by atoms with E-state index in [4.69, 9.17) is 14.0 Å². The van der Waals surface area contributed by atoms with E-state index < -0.39 is 0 Å². The summed E-state index contributed by atoms with van der Waals surface area (Å²) in [5, 5.41) is 4.39. The van der Waals surface area contributed by atoms with Gasteiger partial charge < -0.3 is 14.0 Å². The molecule has 0 saturated carbocycles. The molecule has 4 rings (SSSR count). The molecule has 0 N–H and O–H groups in total. The van der Waals surface area contributed by atoms with Crippen LogP contribution in [0.1, 0.15) is 21.8 Å². The Labute approximate surface area is 154 Å². The SMILES string of the molecule is O=C(CSc1noc(Cc2ccccc2)n1)c1ccc2c(c1)OCCO2. The predicted octanol–water partition coefficient (Wildman–Crippen LogP) is 3.41. The molecule has 1 aliphatic rings. The third-order valence-corrected chi connectivity index (χ3v) is 4.67. The Hall–Kier alpha value is -2.80. The minimum atomic E-state index is -0.0265. The lowest BCUT2D eigenvalue weighted by molar-refractivity contribution is 0.102.